The van der Waals surface area contributed by atoms with Gasteiger partial charge in [-0.15, -0.1) is 0 Å². The second kappa shape index (κ2) is 5.86. The summed E-state index contributed by atoms with van der Waals surface area (Å²) in [5.41, 5.74) is 0.864. The van der Waals surface area contributed by atoms with Crippen molar-refractivity contribution in [2.24, 2.45) is 0 Å². The topological polar surface area (TPSA) is 67.2 Å². The van der Waals surface area contributed by atoms with Crippen LogP contribution in [0.2, 0.25) is 0 Å². The van der Waals surface area contributed by atoms with E-state index in [-0.39, 0.29) is 18.4 Å². The van der Waals surface area contributed by atoms with Gasteiger partial charge in [0.05, 0.1) is 18.8 Å². The molecule has 1 saturated heterocycles. The van der Waals surface area contributed by atoms with Crippen LogP contribution in [-0.2, 0) is 16.1 Å². The first kappa shape index (κ1) is 13.6. The summed E-state index contributed by atoms with van der Waals surface area (Å²) >= 11 is 0. The molecule has 0 radical (unpaired) electrons. The highest BCUT2D eigenvalue weighted by Gasteiger charge is 2.20. The summed E-state index contributed by atoms with van der Waals surface area (Å²) in [6.45, 7) is 5.24. The zero-order chi connectivity index (χ0) is 13.8. The Hall–Kier alpha value is -1.85. The molecular formula is C13H20N4O2. The SMILES string of the molecule is CCC(C)n1ccc(CN2CCC(=O)NCC2=O)n1. The number of nitrogens with zero attached hydrogens (tertiary/aromatic N) is 3. The summed E-state index contributed by atoms with van der Waals surface area (Å²) in [5, 5.41) is 7.06. The van der Waals surface area contributed by atoms with E-state index >= 15 is 0 Å². The fraction of sp³-hybridized carbons (Fsp3) is 0.615. The Morgan fingerprint density at radius 3 is 3.00 bits per heavy atom. The fourth-order valence-electron chi connectivity index (χ4n) is 1.99. The van der Waals surface area contributed by atoms with E-state index in [1.165, 1.54) is 0 Å². The van der Waals surface area contributed by atoms with Gasteiger partial charge in [-0.2, -0.15) is 5.10 Å². The minimum atomic E-state index is -0.0685. The normalized spacial score (nSPS) is 18.1. The van der Waals surface area contributed by atoms with Crippen LogP contribution in [0.4, 0.5) is 0 Å². The zero-order valence-electron chi connectivity index (χ0n) is 11.4. The predicted molar refractivity (Wildman–Crippen MR) is 70.3 cm³/mol. The zero-order valence-corrected chi connectivity index (χ0v) is 11.4. The van der Waals surface area contributed by atoms with Crippen LogP contribution in [0.25, 0.3) is 0 Å². The fourth-order valence-corrected chi connectivity index (χ4v) is 1.99. The molecule has 0 saturated carbocycles. The lowest BCUT2D eigenvalue weighted by Crippen LogP contribution is -2.34. The molecule has 1 aromatic heterocycles. The molecule has 1 N–H and O–H groups in total. The van der Waals surface area contributed by atoms with E-state index in [0.717, 1.165) is 12.1 Å². The van der Waals surface area contributed by atoms with Crippen molar-refractivity contribution in [2.45, 2.75) is 39.3 Å². The maximum atomic E-state index is 11.8. The minimum Gasteiger partial charge on any atom is -0.347 e. The Kier molecular flexibility index (Phi) is 4.19. The van der Waals surface area contributed by atoms with Crippen molar-refractivity contribution >= 4 is 11.8 Å². The first-order valence-electron chi connectivity index (χ1n) is 6.68. The third-order valence-electron chi connectivity index (χ3n) is 3.46. The summed E-state index contributed by atoms with van der Waals surface area (Å²) in [6.07, 6.45) is 3.31. The molecule has 2 heterocycles. The van der Waals surface area contributed by atoms with E-state index in [9.17, 15) is 9.59 Å². The van der Waals surface area contributed by atoms with Crippen LogP contribution in [0.5, 0.6) is 0 Å². The van der Waals surface area contributed by atoms with E-state index in [1.807, 2.05) is 16.9 Å². The molecule has 6 nitrogen and oxygen atoms in total. The van der Waals surface area contributed by atoms with Crippen molar-refractivity contribution < 1.29 is 9.59 Å². The van der Waals surface area contributed by atoms with Crippen LogP contribution in [0.15, 0.2) is 12.3 Å². The van der Waals surface area contributed by atoms with Gasteiger partial charge in [-0.1, -0.05) is 6.92 Å². The molecule has 0 aliphatic carbocycles. The lowest BCUT2D eigenvalue weighted by atomic mass is 10.3. The number of hydrogen-bond acceptors (Lipinski definition) is 3. The quantitative estimate of drug-likeness (QED) is 0.870. The standard InChI is InChI=1S/C13H20N4O2/c1-3-10(2)17-7-4-11(15-17)9-16-6-5-12(18)14-8-13(16)19/h4,7,10H,3,5-6,8-9H2,1-2H3,(H,14,18). The smallest absolute Gasteiger partial charge is 0.242 e. The highest BCUT2D eigenvalue weighted by molar-refractivity contribution is 5.87. The van der Waals surface area contributed by atoms with Gasteiger partial charge in [-0.25, -0.2) is 0 Å². The molecule has 0 spiro atoms. The number of aromatic nitrogens is 2. The summed E-state index contributed by atoms with van der Waals surface area (Å²) < 4.78 is 1.92. The van der Waals surface area contributed by atoms with Crippen LogP contribution < -0.4 is 5.32 Å². The molecule has 104 valence electrons. The Balaban J connectivity index is 2.01. The van der Waals surface area contributed by atoms with Crippen LogP contribution in [0, 0.1) is 0 Å². The average molecular weight is 264 g/mol. The lowest BCUT2D eigenvalue weighted by molar-refractivity contribution is -0.130. The van der Waals surface area contributed by atoms with Crippen LogP contribution >= 0.6 is 0 Å². The number of carbonyl (C=O) groups is 2. The molecule has 2 rings (SSSR count). The van der Waals surface area contributed by atoms with Crippen molar-refractivity contribution in [3.8, 4) is 0 Å². The second-order valence-electron chi connectivity index (χ2n) is 4.89. The van der Waals surface area contributed by atoms with Gasteiger partial charge in [-0.3, -0.25) is 14.3 Å². The Morgan fingerprint density at radius 1 is 1.47 bits per heavy atom. The number of amides is 2. The molecule has 2 amide bonds. The maximum Gasteiger partial charge on any atom is 0.242 e. The van der Waals surface area contributed by atoms with Crippen molar-refractivity contribution in [1.29, 1.82) is 0 Å². The minimum absolute atomic E-state index is 0.0519. The number of hydrogen-bond donors (Lipinski definition) is 1. The van der Waals surface area contributed by atoms with Crippen molar-refractivity contribution in [3.05, 3.63) is 18.0 Å². The van der Waals surface area contributed by atoms with Gasteiger partial charge < -0.3 is 10.2 Å². The molecule has 1 aromatic rings. The highest BCUT2D eigenvalue weighted by atomic mass is 16.2. The van der Waals surface area contributed by atoms with Gasteiger partial charge in [0.15, 0.2) is 0 Å². The molecule has 19 heavy (non-hydrogen) atoms. The molecule has 1 unspecified atom stereocenters. The van der Waals surface area contributed by atoms with E-state index in [0.29, 0.717) is 25.6 Å². The third-order valence-corrected chi connectivity index (χ3v) is 3.46. The summed E-state index contributed by atoms with van der Waals surface area (Å²) in [7, 11) is 0. The van der Waals surface area contributed by atoms with Crippen molar-refractivity contribution in [1.82, 2.24) is 20.0 Å². The molecule has 1 fully saturated rings. The lowest BCUT2D eigenvalue weighted by Gasteiger charge is -2.18. The Labute approximate surface area is 112 Å². The molecule has 1 atom stereocenters. The molecule has 1 aliphatic heterocycles. The molecule has 6 heteroatoms. The number of rotatable bonds is 4. The Bertz CT molecular complexity index is 469. The largest absolute Gasteiger partial charge is 0.347 e. The number of nitrogens with one attached hydrogen (secondary N) is 1. The third kappa shape index (κ3) is 3.33. The number of carbonyl (C=O) groups excluding carboxylic acids is 2. The molecule has 0 bridgehead atoms. The summed E-state index contributed by atoms with van der Waals surface area (Å²) in [4.78, 5) is 24.8. The summed E-state index contributed by atoms with van der Waals surface area (Å²) in [6, 6.07) is 2.29. The van der Waals surface area contributed by atoms with Gasteiger partial charge in [0.2, 0.25) is 11.8 Å². The molecule has 1 aliphatic rings. The monoisotopic (exact) mass is 264 g/mol. The van der Waals surface area contributed by atoms with E-state index < -0.39 is 0 Å². The average Bonchev–Trinajstić information content (AvgIpc) is 2.82. The summed E-state index contributed by atoms with van der Waals surface area (Å²) in [5.74, 6) is -0.120. The Morgan fingerprint density at radius 2 is 2.26 bits per heavy atom. The second-order valence-corrected chi connectivity index (χ2v) is 4.89. The predicted octanol–water partition coefficient (Wildman–Crippen LogP) is 0.703. The van der Waals surface area contributed by atoms with E-state index in [1.54, 1.807) is 4.90 Å². The van der Waals surface area contributed by atoms with E-state index in [2.05, 4.69) is 24.3 Å². The maximum absolute atomic E-state index is 11.8. The van der Waals surface area contributed by atoms with E-state index in [4.69, 9.17) is 0 Å². The van der Waals surface area contributed by atoms with Crippen LogP contribution in [-0.4, -0.2) is 39.6 Å². The van der Waals surface area contributed by atoms with Crippen molar-refractivity contribution in [2.75, 3.05) is 13.1 Å². The van der Waals surface area contributed by atoms with Gasteiger partial charge >= 0.3 is 0 Å². The van der Waals surface area contributed by atoms with Gasteiger partial charge in [0, 0.05) is 25.2 Å². The molecule has 0 aromatic carbocycles. The molecular weight excluding hydrogens is 244 g/mol. The van der Waals surface area contributed by atoms with Gasteiger partial charge in [-0.05, 0) is 19.4 Å². The van der Waals surface area contributed by atoms with Gasteiger partial charge in [0.25, 0.3) is 0 Å². The van der Waals surface area contributed by atoms with Crippen LogP contribution in [0.1, 0.15) is 38.4 Å². The highest BCUT2D eigenvalue weighted by Crippen LogP contribution is 2.11. The first-order valence-corrected chi connectivity index (χ1v) is 6.68. The van der Waals surface area contributed by atoms with Crippen molar-refractivity contribution in [3.63, 3.8) is 0 Å². The van der Waals surface area contributed by atoms with Crippen LogP contribution in [0.3, 0.4) is 0 Å². The first-order chi connectivity index (χ1) is 9.10. The van der Waals surface area contributed by atoms with Gasteiger partial charge in [0.1, 0.15) is 0 Å².